The highest BCUT2D eigenvalue weighted by Gasteiger charge is 2.20. The van der Waals surface area contributed by atoms with E-state index in [0.29, 0.717) is 5.82 Å². The van der Waals surface area contributed by atoms with E-state index in [0.717, 1.165) is 87.5 Å². The lowest BCUT2D eigenvalue weighted by Crippen LogP contribution is -1.96. The normalized spacial score (nSPS) is 11.5. The molecule has 0 aliphatic carbocycles. The number of nitrogens with zero attached hydrogens (tertiary/aromatic N) is 3. The Labute approximate surface area is 304 Å². The third-order valence-electron chi connectivity index (χ3n) is 9.56. The Balaban J connectivity index is 1.16. The molecule has 0 saturated carbocycles. The van der Waals surface area contributed by atoms with E-state index in [1.807, 2.05) is 30.3 Å². The largest absolute Gasteiger partial charge is 0.455 e. The first-order valence-electron chi connectivity index (χ1n) is 17.3. The van der Waals surface area contributed by atoms with Crippen molar-refractivity contribution >= 4 is 43.5 Å². The number of furan rings is 1. The summed E-state index contributed by atoms with van der Waals surface area (Å²) >= 11 is 1.68. The van der Waals surface area contributed by atoms with Crippen molar-refractivity contribution in [1.82, 2.24) is 15.0 Å². The molecule has 10 rings (SSSR count). The van der Waals surface area contributed by atoms with Crippen LogP contribution < -0.4 is 0 Å². The van der Waals surface area contributed by atoms with Gasteiger partial charge >= 0.3 is 0 Å². The van der Waals surface area contributed by atoms with Crippen LogP contribution in [0, 0.1) is 0 Å². The molecule has 0 atom stereocenters. The van der Waals surface area contributed by atoms with Crippen molar-refractivity contribution in [3.05, 3.63) is 176 Å². The number of rotatable bonds is 6. The van der Waals surface area contributed by atoms with E-state index < -0.39 is 0 Å². The average Bonchev–Trinajstić information content (AvgIpc) is 3.84. The molecular weight excluding hydrogens is 655 g/mol. The Morgan fingerprint density at radius 2 is 1.04 bits per heavy atom. The van der Waals surface area contributed by atoms with Gasteiger partial charge in [0.05, 0.1) is 27.2 Å². The number of hydrogen-bond acceptors (Lipinski definition) is 5. The van der Waals surface area contributed by atoms with E-state index in [9.17, 15) is 0 Å². The zero-order chi connectivity index (χ0) is 34.4. The molecule has 3 heterocycles. The molecular formula is C47H29N3OS. The van der Waals surface area contributed by atoms with Gasteiger partial charge in [-0.2, -0.15) is 0 Å². The third-order valence-corrected chi connectivity index (χ3v) is 10.6. The Kier molecular flexibility index (Phi) is 7.29. The summed E-state index contributed by atoms with van der Waals surface area (Å²) in [6, 6.07) is 60.9. The molecule has 0 unspecified atom stereocenters. The van der Waals surface area contributed by atoms with Crippen LogP contribution in [0.4, 0.5) is 0 Å². The molecule has 0 fully saturated rings. The van der Waals surface area contributed by atoms with E-state index in [1.54, 1.807) is 11.3 Å². The van der Waals surface area contributed by atoms with E-state index in [4.69, 9.17) is 19.4 Å². The van der Waals surface area contributed by atoms with Crippen LogP contribution >= 0.6 is 11.3 Å². The average molecular weight is 684 g/mol. The summed E-state index contributed by atoms with van der Waals surface area (Å²) in [4.78, 5) is 15.4. The molecule has 4 nitrogen and oxygen atoms in total. The highest BCUT2D eigenvalue weighted by molar-refractivity contribution is 7.21. The number of para-hydroxylation sites is 2. The summed E-state index contributed by atoms with van der Waals surface area (Å²) in [6.07, 6.45) is 0. The third kappa shape index (κ3) is 5.36. The van der Waals surface area contributed by atoms with E-state index in [1.165, 1.54) is 5.56 Å². The number of benzene rings is 7. The predicted octanol–water partition coefficient (Wildman–Crippen LogP) is 13.0. The lowest BCUT2D eigenvalue weighted by atomic mass is 9.99. The summed E-state index contributed by atoms with van der Waals surface area (Å²) in [7, 11) is 0. The highest BCUT2D eigenvalue weighted by Crippen LogP contribution is 2.42. The van der Waals surface area contributed by atoms with Crippen LogP contribution in [0.3, 0.4) is 0 Å². The maximum absolute atomic E-state index is 6.67. The number of thiazole rings is 1. The fourth-order valence-corrected chi connectivity index (χ4v) is 8.00. The maximum atomic E-state index is 6.67. The van der Waals surface area contributed by atoms with Gasteiger partial charge in [-0.25, -0.2) is 15.0 Å². The molecule has 52 heavy (non-hydrogen) atoms. The summed E-state index contributed by atoms with van der Waals surface area (Å²) in [5.41, 5.74) is 12.9. The highest BCUT2D eigenvalue weighted by atomic mass is 32.1. The molecule has 0 saturated heterocycles. The zero-order valence-electron chi connectivity index (χ0n) is 27.9. The number of hydrogen-bond donors (Lipinski definition) is 0. The predicted molar refractivity (Wildman–Crippen MR) is 215 cm³/mol. The van der Waals surface area contributed by atoms with Gasteiger partial charge in [0.1, 0.15) is 16.2 Å². The van der Waals surface area contributed by atoms with Gasteiger partial charge in [-0.3, -0.25) is 0 Å². The minimum absolute atomic E-state index is 0.664. The standard InChI is InChI=1S/C47H29N3OS/c1-3-12-30(13-4-1)32-24-26-33(27-25-32)40-29-41(49-46(48-40)35-17-9-16-34(28-35)31-14-5-2-6-15-31)36-18-11-22-42-44(36)37-19-10-20-38(45(37)51-42)47-50-39-21-7-8-23-43(39)52-47/h1-29H. The summed E-state index contributed by atoms with van der Waals surface area (Å²) in [5, 5.41) is 2.99. The lowest BCUT2D eigenvalue weighted by molar-refractivity contribution is 0.670. The van der Waals surface area contributed by atoms with Crippen LogP contribution in [0.1, 0.15) is 0 Å². The molecule has 0 amide bonds. The minimum atomic E-state index is 0.664. The first-order chi connectivity index (χ1) is 25.7. The molecule has 5 heteroatoms. The zero-order valence-corrected chi connectivity index (χ0v) is 28.7. The fourth-order valence-electron chi connectivity index (χ4n) is 7.01. The minimum Gasteiger partial charge on any atom is -0.455 e. The van der Waals surface area contributed by atoms with Gasteiger partial charge < -0.3 is 4.42 Å². The summed E-state index contributed by atoms with van der Waals surface area (Å²) < 4.78 is 7.82. The number of fused-ring (bicyclic) bond motifs is 4. The smallest absolute Gasteiger partial charge is 0.160 e. The van der Waals surface area contributed by atoms with Gasteiger partial charge in [0.2, 0.25) is 0 Å². The summed E-state index contributed by atoms with van der Waals surface area (Å²) in [5.74, 6) is 0.664. The van der Waals surface area contributed by atoms with Crippen LogP contribution in [-0.4, -0.2) is 15.0 Å². The number of aromatic nitrogens is 3. The molecule has 0 bridgehead atoms. The lowest BCUT2D eigenvalue weighted by Gasteiger charge is -2.12. The first kappa shape index (κ1) is 30.2. The Morgan fingerprint density at radius 3 is 1.85 bits per heavy atom. The van der Waals surface area contributed by atoms with Crippen molar-refractivity contribution in [2.75, 3.05) is 0 Å². The molecule has 244 valence electrons. The van der Waals surface area contributed by atoms with Crippen molar-refractivity contribution in [3.63, 3.8) is 0 Å². The Hall–Kier alpha value is -6.69. The van der Waals surface area contributed by atoms with Crippen molar-refractivity contribution < 1.29 is 4.42 Å². The van der Waals surface area contributed by atoms with Gasteiger partial charge in [0.25, 0.3) is 0 Å². The van der Waals surface area contributed by atoms with Crippen LogP contribution in [0.15, 0.2) is 180 Å². The quantitative estimate of drug-likeness (QED) is 0.175. The van der Waals surface area contributed by atoms with Gasteiger partial charge in [-0.05, 0) is 58.7 Å². The van der Waals surface area contributed by atoms with Crippen molar-refractivity contribution in [3.8, 4) is 66.7 Å². The van der Waals surface area contributed by atoms with Crippen LogP contribution in [0.2, 0.25) is 0 Å². The second kappa shape index (κ2) is 12.6. The second-order valence-electron chi connectivity index (χ2n) is 12.8. The van der Waals surface area contributed by atoms with Gasteiger partial charge in [-0.1, -0.05) is 140 Å². The summed E-state index contributed by atoms with van der Waals surface area (Å²) in [6.45, 7) is 0. The van der Waals surface area contributed by atoms with Gasteiger partial charge in [0.15, 0.2) is 5.82 Å². The van der Waals surface area contributed by atoms with Crippen LogP contribution in [0.5, 0.6) is 0 Å². The first-order valence-corrected chi connectivity index (χ1v) is 18.1. The SMILES string of the molecule is c1ccc(-c2ccc(-c3cc(-c4cccc5oc6c(-c7nc8ccccc8s7)cccc6c45)nc(-c4cccc(-c5ccccc5)c4)n3)cc2)cc1. The molecule has 7 aromatic carbocycles. The van der Waals surface area contributed by atoms with E-state index >= 15 is 0 Å². The molecule has 10 aromatic rings. The molecule has 0 aliphatic rings. The monoisotopic (exact) mass is 683 g/mol. The Bertz CT molecular complexity index is 2860. The molecule has 0 spiro atoms. The Morgan fingerprint density at radius 1 is 0.423 bits per heavy atom. The van der Waals surface area contributed by atoms with Crippen molar-refractivity contribution in [1.29, 1.82) is 0 Å². The topological polar surface area (TPSA) is 51.8 Å². The molecule has 3 aromatic heterocycles. The molecule has 0 radical (unpaired) electrons. The second-order valence-corrected chi connectivity index (χ2v) is 13.8. The maximum Gasteiger partial charge on any atom is 0.160 e. The van der Waals surface area contributed by atoms with E-state index in [2.05, 4.69) is 146 Å². The van der Waals surface area contributed by atoms with Crippen molar-refractivity contribution in [2.24, 2.45) is 0 Å². The van der Waals surface area contributed by atoms with Crippen LogP contribution in [0.25, 0.3) is 98.9 Å². The van der Waals surface area contributed by atoms with Gasteiger partial charge in [-0.15, -0.1) is 11.3 Å². The van der Waals surface area contributed by atoms with Gasteiger partial charge in [0, 0.05) is 27.5 Å². The molecule has 0 N–H and O–H groups in total. The van der Waals surface area contributed by atoms with E-state index in [-0.39, 0.29) is 0 Å². The molecule has 0 aliphatic heterocycles. The fraction of sp³-hybridized carbons (Fsp3) is 0. The van der Waals surface area contributed by atoms with Crippen LogP contribution in [-0.2, 0) is 0 Å². The van der Waals surface area contributed by atoms with Crippen molar-refractivity contribution in [2.45, 2.75) is 0 Å².